The van der Waals surface area contributed by atoms with Crippen LogP contribution in [0.4, 0.5) is 5.69 Å². The lowest BCUT2D eigenvalue weighted by Gasteiger charge is -2.12. The van der Waals surface area contributed by atoms with Crippen LogP contribution < -0.4 is 10.6 Å². The molecule has 0 fully saturated rings. The Kier molecular flexibility index (Phi) is 5.42. The van der Waals surface area contributed by atoms with Crippen molar-refractivity contribution in [2.24, 2.45) is 0 Å². The third kappa shape index (κ3) is 4.62. The first kappa shape index (κ1) is 15.6. The summed E-state index contributed by atoms with van der Waals surface area (Å²) in [5.74, 6) is -0.0925. The van der Waals surface area contributed by atoms with Crippen LogP contribution in [0.25, 0.3) is 0 Å². The van der Waals surface area contributed by atoms with Crippen LogP contribution in [0.2, 0.25) is 5.02 Å². The van der Waals surface area contributed by atoms with Crippen LogP contribution in [0.5, 0.6) is 0 Å². The molecule has 0 radical (unpaired) electrons. The van der Waals surface area contributed by atoms with Crippen molar-refractivity contribution < 1.29 is 4.79 Å². The molecular weight excluding hydrogens is 286 g/mol. The Hall–Kier alpha value is -1.78. The van der Waals surface area contributed by atoms with Crippen LogP contribution in [-0.2, 0) is 17.9 Å². The average Bonchev–Trinajstić information content (AvgIpc) is 2.86. The number of nitrogens with one attached hydrogen (secondary N) is 2. The standard InChI is InChI=1S/C16H20ClN3O/c1-12(2)18-10-13-6-5-9-20(13)11-16(21)19-15-8-4-3-7-14(15)17/h3-9,12,18H,10-11H2,1-2H3,(H,19,21). The molecule has 1 amide bonds. The van der Waals surface area contributed by atoms with E-state index < -0.39 is 0 Å². The molecule has 112 valence electrons. The molecular formula is C16H20ClN3O. The Morgan fingerprint density at radius 3 is 2.71 bits per heavy atom. The van der Waals surface area contributed by atoms with Gasteiger partial charge in [0.1, 0.15) is 6.54 Å². The van der Waals surface area contributed by atoms with E-state index in [0.717, 1.165) is 12.2 Å². The fraction of sp³-hybridized carbons (Fsp3) is 0.312. The summed E-state index contributed by atoms with van der Waals surface area (Å²) in [5.41, 5.74) is 1.72. The molecule has 2 rings (SSSR count). The van der Waals surface area contributed by atoms with E-state index in [0.29, 0.717) is 16.8 Å². The quantitative estimate of drug-likeness (QED) is 0.860. The zero-order valence-corrected chi connectivity index (χ0v) is 13.0. The van der Waals surface area contributed by atoms with Gasteiger partial charge in [0.25, 0.3) is 0 Å². The number of rotatable bonds is 6. The molecule has 2 N–H and O–H groups in total. The van der Waals surface area contributed by atoms with Gasteiger partial charge in [0.2, 0.25) is 5.91 Å². The van der Waals surface area contributed by atoms with Crippen molar-refractivity contribution in [2.45, 2.75) is 33.0 Å². The zero-order valence-electron chi connectivity index (χ0n) is 12.3. The summed E-state index contributed by atoms with van der Waals surface area (Å²) in [7, 11) is 0. The average molecular weight is 306 g/mol. The van der Waals surface area contributed by atoms with Gasteiger partial charge in [-0.2, -0.15) is 0 Å². The highest BCUT2D eigenvalue weighted by atomic mass is 35.5. The fourth-order valence-electron chi connectivity index (χ4n) is 1.98. The number of nitrogens with zero attached hydrogens (tertiary/aromatic N) is 1. The van der Waals surface area contributed by atoms with E-state index in [4.69, 9.17) is 11.6 Å². The Labute approximate surface area is 130 Å². The SMILES string of the molecule is CC(C)NCc1cccn1CC(=O)Nc1ccccc1Cl. The van der Waals surface area contributed by atoms with Gasteiger partial charge in [-0.1, -0.05) is 37.6 Å². The summed E-state index contributed by atoms with van der Waals surface area (Å²) in [6.07, 6.45) is 1.91. The van der Waals surface area contributed by atoms with Gasteiger partial charge >= 0.3 is 0 Å². The monoisotopic (exact) mass is 305 g/mol. The molecule has 0 aliphatic carbocycles. The molecule has 0 bridgehead atoms. The van der Waals surface area contributed by atoms with Crippen molar-refractivity contribution in [3.05, 3.63) is 53.3 Å². The number of amides is 1. The van der Waals surface area contributed by atoms with Crippen LogP contribution in [0, 0.1) is 0 Å². The van der Waals surface area contributed by atoms with Gasteiger partial charge in [-0.05, 0) is 24.3 Å². The van der Waals surface area contributed by atoms with Crippen LogP contribution in [0.15, 0.2) is 42.6 Å². The van der Waals surface area contributed by atoms with Crippen LogP contribution in [0.1, 0.15) is 19.5 Å². The molecule has 2 aromatic rings. The van der Waals surface area contributed by atoms with Crippen LogP contribution in [-0.4, -0.2) is 16.5 Å². The van der Waals surface area contributed by atoms with Crippen molar-refractivity contribution in [1.29, 1.82) is 0 Å². The molecule has 4 nitrogen and oxygen atoms in total. The summed E-state index contributed by atoms with van der Waals surface area (Å²) >= 11 is 6.03. The number of halogens is 1. The predicted molar refractivity (Wildman–Crippen MR) is 86.5 cm³/mol. The highest BCUT2D eigenvalue weighted by Crippen LogP contribution is 2.20. The number of hydrogen-bond acceptors (Lipinski definition) is 2. The summed E-state index contributed by atoms with van der Waals surface area (Å²) in [5, 5.41) is 6.72. The summed E-state index contributed by atoms with van der Waals surface area (Å²) in [6.45, 7) is 5.20. The Morgan fingerprint density at radius 1 is 1.24 bits per heavy atom. The maximum Gasteiger partial charge on any atom is 0.244 e. The van der Waals surface area contributed by atoms with Gasteiger partial charge < -0.3 is 15.2 Å². The lowest BCUT2D eigenvalue weighted by molar-refractivity contribution is -0.116. The summed E-state index contributed by atoms with van der Waals surface area (Å²) in [6, 6.07) is 11.6. The molecule has 0 saturated carbocycles. The highest BCUT2D eigenvalue weighted by Gasteiger charge is 2.08. The van der Waals surface area contributed by atoms with Crippen LogP contribution in [0.3, 0.4) is 0 Å². The minimum Gasteiger partial charge on any atom is -0.341 e. The van der Waals surface area contributed by atoms with E-state index in [-0.39, 0.29) is 12.5 Å². The third-order valence-electron chi connectivity index (χ3n) is 3.08. The lowest BCUT2D eigenvalue weighted by Crippen LogP contribution is -2.25. The van der Waals surface area contributed by atoms with Crippen LogP contribution >= 0.6 is 11.6 Å². The normalized spacial score (nSPS) is 10.9. The highest BCUT2D eigenvalue weighted by molar-refractivity contribution is 6.33. The fourth-order valence-corrected chi connectivity index (χ4v) is 2.16. The van der Waals surface area contributed by atoms with Gasteiger partial charge in [-0.3, -0.25) is 4.79 Å². The first-order valence-corrected chi connectivity index (χ1v) is 7.36. The largest absolute Gasteiger partial charge is 0.341 e. The first-order valence-electron chi connectivity index (χ1n) is 6.98. The smallest absolute Gasteiger partial charge is 0.244 e. The van der Waals surface area contributed by atoms with Gasteiger partial charge in [-0.25, -0.2) is 0 Å². The Morgan fingerprint density at radius 2 is 2.00 bits per heavy atom. The number of aromatic nitrogens is 1. The second-order valence-corrected chi connectivity index (χ2v) is 5.60. The number of para-hydroxylation sites is 1. The molecule has 0 spiro atoms. The molecule has 0 atom stereocenters. The van der Waals surface area contributed by atoms with Gasteiger partial charge in [0.15, 0.2) is 0 Å². The topological polar surface area (TPSA) is 46.1 Å². The van der Waals surface area contributed by atoms with Gasteiger partial charge in [-0.15, -0.1) is 0 Å². The van der Waals surface area contributed by atoms with E-state index >= 15 is 0 Å². The van der Waals surface area contributed by atoms with Gasteiger partial charge in [0, 0.05) is 24.5 Å². The second-order valence-electron chi connectivity index (χ2n) is 5.19. The van der Waals surface area contributed by atoms with E-state index in [1.54, 1.807) is 12.1 Å². The number of carbonyl (C=O) groups is 1. The number of hydrogen-bond donors (Lipinski definition) is 2. The summed E-state index contributed by atoms with van der Waals surface area (Å²) < 4.78 is 1.93. The minimum atomic E-state index is -0.0925. The molecule has 0 unspecified atom stereocenters. The van der Waals surface area contributed by atoms with Gasteiger partial charge in [0.05, 0.1) is 10.7 Å². The van der Waals surface area contributed by atoms with E-state index in [1.165, 1.54) is 0 Å². The predicted octanol–water partition coefficient (Wildman–Crippen LogP) is 3.28. The zero-order chi connectivity index (χ0) is 15.2. The number of benzene rings is 1. The molecule has 1 aromatic carbocycles. The van der Waals surface area contributed by atoms with Crippen molar-refractivity contribution >= 4 is 23.2 Å². The second kappa shape index (κ2) is 7.29. The molecule has 1 heterocycles. The van der Waals surface area contributed by atoms with Crippen molar-refractivity contribution in [2.75, 3.05) is 5.32 Å². The number of anilines is 1. The van der Waals surface area contributed by atoms with Crippen molar-refractivity contribution in [3.8, 4) is 0 Å². The molecule has 0 saturated heterocycles. The Bertz CT molecular complexity index is 607. The molecule has 5 heteroatoms. The first-order chi connectivity index (χ1) is 10.1. The third-order valence-corrected chi connectivity index (χ3v) is 3.41. The Balaban J connectivity index is 1.97. The molecule has 21 heavy (non-hydrogen) atoms. The minimum absolute atomic E-state index is 0.0925. The molecule has 1 aromatic heterocycles. The van der Waals surface area contributed by atoms with Crippen molar-refractivity contribution in [3.63, 3.8) is 0 Å². The van der Waals surface area contributed by atoms with Crippen molar-refractivity contribution in [1.82, 2.24) is 9.88 Å². The maximum atomic E-state index is 12.1. The lowest BCUT2D eigenvalue weighted by atomic mass is 10.3. The molecule has 0 aliphatic heterocycles. The summed E-state index contributed by atoms with van der Waals surface area (Å²) in [4.78, 5) is 12.1. The maximum absolute atomic E-state index is 12.1. The van der Waals surface area contributed by atoms with E-state index in [2.05, 4.69) is 24.5 Å². The van der Waals surface area contributed by atoms with E-state index in [1.807, 2.05) is 35.0 Å². The van der Waals surface area contributed by atoms with E-state index in [9.17, 15) is 4.79 Å². The molecule has 0 aliphatic rings. The number of carbonyl (C=O) groups excluding carboxylic acids is 1.